The molecule has 3 aromatic rings. The van der Waals surface area contributed by atoms with Crippen molar-refractivity contribution < 1.29 is 18.8 Å². The number of hydrogen-bond acceptors (Lipinski definition) is 4. The monoisotopic (exact) mass is 445 g/mol. The van der Waals surface area contributed by atoms with Gasteiger partial charge in [-0.2, -0.15) is 0 Å². The van der Waals surface area contributed by atoms with Crippen molar-refractivity contribution in [1.29, 1.82) is 0 Å². The van der Waals surface area contributed by atoms with Crippen molar-refractivity contribution in [3.05, 3.63) is 89.4 Å². The van der Waals surface area contributed by atoms with E-state index in [0.29, 0.717) is 17.7 Å². The number of rotatable bonds is 7. The fraction of sp³-hybridized carbons (Fsp3) is 0.269. The standard InChI is InChI=1S/C26H27N3O4/c1-17-8-6-9-18(2)23(17)28-25(31)24(19-10-4-3-5-11-19)29(16-20-12-7-15-33-20)26(32)21-13-14-22(30)27-21/h3-12,15,21,24H,13-14,16H2,1-2H3,(H,27,30)(H,28,31). The minimum Gasteiger partial charge on any atom is -0.467 e. The number of furan rings is 1. The van der Waals surface area contributed by atoms with Crippen LogP contribution in [-0.4, -0.2) is 28.7 Å². The van der Waals surface area contributed by atoms with Crippen LogP contribution in [0.1, 0.15) is 41.3 Å². The molecule has 170 valence electrons. The lowest BCUT2D eigenvalue weighted by molar-refractivity contribution is -0.142. The first-order valence-electron chi connectivity index (χ1n) is 11.0. The first-order chi connectivity index (χ1) is 15.9. The summed E-state index contributed by atoms with van der Waals surface area (Å²) in [5.41, 5.74) is 3.26. The molecule has 2 heterocycles. The van der Waals surface area contributed by atoms with E-state index in [-0.39, 0.29) is 30.7 Å². The van der Waals surface area contributed by atoms with Crippen molar-refractivity contribution in [2.75, 3.05) is 5.32 Å². The van der Waals surface area contributed by atoms with E-state index in [2.05, 4.69) is 10.6 Å². The van der Waals surface area contributed by atoms with Gasteiger partial charge < -0.3 is 20.0 Å². The number of para-hydroxylation sites is 1. The second kappa shape index (κ2) is 9.73. The zero-order chi connectivity index (χ0) is 23.4. The Morgan fingerprint density at radius 1 is 1.06 bits per heavy atom. The zero-order valence-corrected chi connectivity index (χ0v) is 18.7. The van der Waals surface area contributed by atoms with Crippen LogP contribution in [-0.2, 0) is 20.9 Å². The number of nitrogens with one attached hydrogen (secondary N) is 2. The number of hydrogen-bond donors (Lipinski definition) is 2. The van der Waals surface area contributed by atoms with E-state index in [1.807, 2.05) is 62.4 Å². The number of anilines is 1. The molecule has 0 saturated carbocycles. The molecule has 1 aliphatic heterocycles. The Hall–Kier alpha value is -3.87. The smallest absolute Gasteiger partial charge is 0.251 e. The first-order valence-corrected chi connectivity index (χ1v) is 11.0. The molecule has 33 heavy (non-hydrogen) atoms. The predicted octanol–water partition coefficient (Wildman–Crippen LogP) is 3.88. The molecule has 0 radical (unpaired) electrons. The molecule has 0 bridgehead atoms. The molecule has 7 heteroatoms. The highest BCUT2D eigenvalue weighted by atomic mass is 16.3. The summed E-state index contributed by atoms with van der Waals surface area (Å²) in [7, 11) is 0. The average Bonchev–Trinajstić information content (AvgIpc) is 3.48. The third-order valence-electron chi connectivity index (χ3n) is 5.89. The molecule has 2 unspecified atom stereocenters. The van der Waals surface area contributed by atoms with Crippen molar-refractivity contribution in [3.8, 4) is 0 Å². The second-order valence-electron chi connectivity index (χ2n) is 8.27. The lowest BCUT2D eigenvalue weighted by atomic mass is 10.0. The van der Waals surface area contributed by atoms with Crippen molar-refractivity contribution in [3.63, 3.8) is 0 Å². The van der Waals surface area contributed by atoms with Gasteiger partial charge in [0, 0.05) is 12.1 Å². The van der Waals surface area contributed by atoms with Crippen LogP contribution in [0, 0.1) is 13.8 Å². The minimum atomic E-state index is -0.916. The Morgan fingerprint density at radius 3 is 2.39 bits per heavy atom. The van der Waals surface area contributed by atoms with Crippen LogP contribution >= 0.6 is 0 Å². The first kappa shape index (κ1) is 22.3. The summed E-state index contributed by atoms with van der Waals surface area (Å²) in [6.07, 6.45) is 2.21. The SMILES string of the molecule is Cc1cccc(C)c1NC(=O)C(c1ccccc1)N(Cc1ccco1)C(=O)C1CCC(=O)N1. The van der Waals surface area contributed by atoms with Crippen molar-refractivity contribution in [2.24, 2.45) is 0 Å². The number of benzene rings is 2. The third-order valence-corrected chi connectivity index (χ3v) is 5.89. The summed E-state index contributed by atoms with van der Waals surface area (Å²) in [5, 5.41) is 5.78. The zero-order valence-electron chi connectivity index (χ0n) is 18.7. The van der Waals surface area contributed by atoms with Crippen LogP contribution in [0.25, 0.3) is 0 Å². The van der Waals surface area contributed by atoms with Crippen LogP contribution in [0.4, 0.5) is 5.69 Å². The van der Waals surface area contributed by atoms with Gasteiger partial charge >= 0.3 is 0 Å². The molecular formula is C26H27N3O4. The number of nitrogens with zero attached hydrogens (tertiary/aromatic N) is 1. The molecule has 2 atom stereocenters. The van der Waals surface area contributed by atoms with Gasteiger partial charge in [0.15, 0.2) is 0 Å². The van der Waals surface area contributed by atoms with Gasteiger partial charge in [0.05, 0.1) is 12.8 Å². The summed E-state index contributed by atoms with van der Waals surface area (Å²) < 4.78 is 5.51. The molecule has 4 rings (SSSR count). The van der Waals surface area contributed by atoms with E-state index in [0.717, 1.165) is 16.8 Å². The van der Waals surface area contributed by atoms with Gasteiger partial charge in [-0.3, -0.25) is 14.4 Å². The van der Waals surface area contributed by atoms with Gasteiger partial charge in [0.1, 0.15) is 17.8 Å². The maximum absolute atomic E-state index is 13.7. The maximum Gasteiger partial charge on any atom is 0.251 e. The Balaban J connectivity index is 1.74. The minimum absolute atomic E-state index is 0.0952. The molecule has 3 amide bonds. The predicted molar refractivity (Wildman–Crippen MR) is 124 cm³/mol. The topological polar surface area (TPSA) is 91.7 Å². The fourth-order valence-corrected chi connectivity index (χ4v) is 4.18. The maximum atomic E-state index is 13.7. The quantitative estimate of drug-likeness (QED) is 0.577. The van der Waals surface area contributed by atoms with Crippen LogP contribution in [0.5, 0.6) is 0 Å². The summed E-state index contributed by atoms with van der Waals surface area (Å²) in [6, 6.07) is 16.9. The number of aryl methyl sites for hydroxylation is 2. The molecule has 2 aromatic carbocycles. The van der Waals surface area contributed by atoms with Gasteiger partial charge in [-0.05, 0) is 49.1 Å². The van der Waals surface area contributed by atoms with Crippen molar-refractivity contribution in [1.82, 2.24) is 10.2 Å². The summed E-state index contributed by atoms with van der Waals surface area (Å²) in [6.45, 7) is 3.96. The van der Waals surface area contributed by atoms with E-state index >= 15 is 0 Å². The van der Waals surface area contributed by atoms with Crippen molar-refractivity contribution >= 4 is 23.4 Å². The molecular weight excluding hydrogens is 418 g/mol. The Bertz CT molecular complexity index is 1120. The highest BCUT2D eigenvalue weighted by Gasteiger charge is 2.38. The van der Waals surface area contributed by atoms with Crippen molar-refractivity contribution in [2.45, 2.75) is 45.3 Å². The van der Waals surface area contributed by atoms with Crippen LogP contribution in [0.3, 0.4) is 0 Å². The van der Waals surface area contributed by atoms with Gasteiger partial charge in [-0.25, -0.2) is 0 Å². The molecule has 1 aromatic heterocycles. The van der Waals surface area contributed by atoms with E-state index in [1.54, 1.807) is 12.1 Å². The van der Waals surface area contributed by atoms with E-state index < -0.39 is 12.1 Å². The van der Waals surface area contributed by atoms with E-state index in [1.165, 1.54) is 11.2 Å². The highest BCUT2D eigenvalue weighted by molar-refractivity contribution is 6.00. The largest absolute Gasteiger partial charge is 0.467 e. The average molecular weight is 446 g/mol. The highest BCUT2D eigenvalue weighted by Crippen LogP contribution is 2.29. The number of amides is 3. The Labute approximate surface area is 192 Å². The number of carbonyl (C=O) groups excluding carboxylic acids is 3. The third kappa shape index (κ3) is 4.98. The molecule has 0 aliphatic carbocycles. The molecule has 1 saturated heterocycles. The van der Waals surface area contributed by atoms with Gasteiger partial charge in [0.2, 0.25) is 11.8 Å². The Morgan fingerprint density at radius 2 is 1.79 bits per heavy atom. The number of carbonyl (C=O) groups is 3. The molecule has 2 N–H and O–H groups in total. The molecule has 1 fully saturated rings. The lowest BCUT2D eigenvalue weighted by Gasteiger charge is -2.33. The molecule has 7 nitrogen and oxygen atoms in total. The lowest BCUT2D eigenvalue weighted by Crippen LogP contribution is -2.48. The van der Waals surface area contributed by atoms with E-state index in [9.17, 15) is 14.4 Å². The van der Waals surface area contributed by atoms with Crippen LogP contribution in [0.2, 0.25) is 0 Å². The van der Waals surface area contributed by atoms with Gasteiger partial charge in [-0.1, -0.05) is 48.5 Å². The van der Waals surface area contributed by atoms with Gasteiger partial charge in [-0.15, -0.1) is 0 Å². The molecule has 1 aliphatic rings. The Kier molecular flexibility index (Phi) is 6.58. The van der Waals surface area contributed by atoms with Gasteiger partial charge in [0.25, 0.3) is 5.91 Å². The fourth-order valence-electron chi connectivity index (χ4n) is 4.18. The van der Waals surface area contributed by atoms with Crippen LogP contribution in [0.15, 0.2) is 71.3 Å². The normalized spacial score (nSPS) is 16.2. The van der Waals surface area contributed by atoms with E-state index in [4.69, 9.17) is 4.42 Å². The summed E-state index contributed by atoms with van der Waals surface area (Å²) in [4.78, 5) is 40.7. The summed E-state index contributed by atoms with van der Waals surface area (Å²) in [5.74, 6) is -0.262. The van der Waals surface area contributed by atoms with Crippen LogP contribution < -0.4 is 10.6 Å². The second-order valence-corrected chi connectivity index (χ2v) is 8.27. The summed E-state index contributed by atoms with van der Waals surface area (Å²) >= 11 is 0. The molecule has 0 spiro atoms.